The molecule has 0 aliphatic rings. The van der Waals surface area contributed by atoms with Crippen molar-refractivity contribution in [2.45, 2.75) is 39.3 Å². The molecule has 0 spiro atoms. The highest BCUT2D eigenvalue weighted by Gasteiger charge is 2.12. The van der Waals surface area contributed by atoms with E-state index in [2.05, 4.69) is 26.1 Å². The van der Waals surface area contributed by atoms with E-state index >= 15 is 0 Å². The standard InChI is InChI=1S/C14H22FNO/c1-10(2)9-16-11(3)8-14(17)12-4-6-13(15)7-5-12/h4-7,10-11,14,16-17H,8-9H2,1-3H3. The molecule has 0 fully saturated rings. The second-order valence-electron chi connectivity index (χ2n) is 5.01. The van der Waals surface area contributed by atoms with Crippen LogP contribution in [0.15, 0.2) is 24.3 Å². The summed E-state index contributed by atoms with van der Waals surface area (Å²) in [7, 11) is 0. The largest absolute Gasteiger partial charge is 0.388 e. The van der Waals surface area contributed by atoms with Crippen molar-refractivity contribution in [2.24, 2.45) is 5.92 Å². The van der Waals surface area contributed by atoms with Crippen molar-refractivity contribution in [2.75, 3.05) is 6.54 Å². The number of aliphatic hydroxyl groups is 1. The number of nitrogens with one attached hydrogen (secondary N) is 1. The fourth-order valence-electron chi connectivity index (χ4n) is 1.68. The van der Waals surface area contributed by atoms with Gasteiger partial charge in [-0.15, -0.1) is 0 Å². The van der Waals surface area contributed by atoms with E-state index in [9.17, 15) is 9.50 Å². The highest BCUT2D eigenvalue weighted by molar-refractivity contribution is 5.18. The molecule has 1 aromatic carbocycles. The van der Waals surface area contributed by atoms with Gasteiger partial charge in [-0.3, -0.25) is 0 Å². The normalized spacial score (nSPS) is 14.9. The Morgan fingerprint density at radius 1 is 1.18 bits per heavy atom. The van der Waals surface area contributed by atoms with Crippen molar-refractivity contribution in [3.63, 3.8) is 0 Å². The molecular weight excluding hydrogens is 217 g/mol. The Hall–Kier alpha value is -0.930. The number of halogens is 1. The van der Waals surface area contributed by atoms with Crippen molar-refractivity contribution < 1.29 is 9.50 Å². The lowest BCUT2D eigenvalue weighted by Gasteiger charge is -2.19. The number of hydrogen-bond acceptors (Lipinski definition) is 2. The van der Waals surface area contributed by atoms with Gasteiger partial charge in [-0.1, -0.05) is 26.0 Å². The van der Waals surface area contributed by atoms with Crippen molar-refractivity contribution in [1.29, 1.82) is 0 Å². The maximum Gasteiger partial charge on any atom is 0.123 e. The Balaban J connectivity index is 2.42. The van der Waals surface area contributed by atoms with Crippen molar-refractivity contribution in [3.05, 3.63) is 35.6 Å². The summed E-state index contributed by atoms with van der Waals surface area (Å²) in [6, 6.07) is 6.28. The van der Waals surface area contributed by atoms with Gasteiger partial charge in [0.2, 0.25) is 0 Å². The third kappa shape index (κ3) is 5.29. The average molecular weight is 239 g/mol. The zero-order valence-corrected chi connectivity index (χ0v) is 10.8. The van der Waals surface area contributed by atoms with Gasteiger partial charge in [0.05, 0.1) is 6.10 Å². The first-order valence-corrected chi connectivity index (χ1v) is 6.16. The van der Waals surface area contributed by atoms with Crippen molar-refractivity contribution in [3.8, 4) is 0 Å². The minimum atomic E-state index is -0.537. The van der Waals surface area contributed by atoms with Crippen LogP contribution >= 0.6 is 0 Å². The number of hydrogen-bond donors (Lipinski definition) is 2. The van der Waals surface area contributed by atoms with Crippen LogP contribution in [0.25, 0.3) is 0 Å². The summed E-state index contributed by atoms with van der Waals surface area (Å²) in [5.41, 5.74) is 0.768. The van der Waals surface area contributed by atoms with Gasteiger partial charge < -0.3 is 10.4 Å². The van der Waals surface area contributed by atoms with Gasteiger partial charge in [-0.2, -0.15) is 0 Å². The molecule has 2 atom stereocenters. The molecular formula is C14H22FNO. The van der Waals surface area contributed by atoms with Gasteiger partial charge >= 0.3 is 0 Å². The van der Waals surface area contributed by atoms with E-state index in [0.29, 0.717) is 12.3 Å². The molecule has 0 bridgehead atoms. The molecule has 17 heavy (non-hydrogen) atoms. The van der Waals surface area contributed by atoms with Crippen molar-refractivity contribution in [1.82, 2.24) is 5.32 Å². The van der Waals surface area contributed by atoms with Crippen LogP contribution in [0.4, 0.5) is 4.39 Å². The molecule has 0 aliphatic carbocycles. The second-order valence-corrected chi connectivity index (χ2v) is 5.01. The predicted octanol–water partition coefficient (Wildman–Crippen LogP) is 2.88. The summed E-state index contributed by atoms with van der Waals surface area (Å²) in [5, 5.41) is 13.3. The molecule has 0 aromatic heterocycles. The first kappa shape index (κ1) is 14.1. The molecule has 0 saturated heterocycles. The fraction of sp³-hybridized carbons (Fsp3) is 0.571. The fourth-order valence-corrected chi connectivity index (χ4v) is 1.68. The van der Waals surface area contributed by atoms with E-state index in [1.807, 2.05) is 0 Å². The van der Waals surface area contributed by atoms with E-state index in [4.69, 9.17) is 0 Å². The Morgan fingerprint density at radius 3 is 2.29 bits per heavy atom. The quantitative estimate of drug-likeness (QED) is 0.800. The molecule has 0 radical (unpaired) electrons. The Morgan fingerprint density at radius 2 is 1.76 bits per heavy atom. The van der Waals surface area contributed by atoms with Gasteiger partial charge in [-0.25, -0.2) is 4.39 Å². The third-order valence-corrected chi connectivity index (χ3v) is 2.71. The van der Waals surface area contributed by atoms with Crippen LogP contribution in [0.2, 0.25) is 0 Å². The van der Waals surface area contributed by atoms with Crippen LogP contribution in [0.3, 0.4) is 0 Å². The molecule has 0 heterocycles. The van der Waals surface area contributed by atoms with E-state index in [1.54, 1.807) is 12.1 Å². The summed E-state index contributed by atoms with van der Waals surface area (Å²) < 4.78 is 12.7. The Kier molecular flexibility index (Phi) is 5.59. The van der Waals surface area contributed by atoms with Crippen LogP contribution in [0, 0.1) is 11.7 Å². The Labute approximate surface area is 103 Å². The minimum absolute atomic E-state index is 0.248. The zero-order valence-electron chi connectivity index (χ0n) is 10.8. The summed E-state index contributed by atoms with van der Waals surface area (Å²) >= 11 is 0. The second kappa shape index (κ2) is 6.72. The maximum absolute atomic E-state index is 12.7. The van der Waals surface area contributed by atoms with Crippen LogP contribution < -0.4 is 5.32 Å². The smallest absolute Gasteiger partial charge is 0.123 e. The average Bonchev–Trinajstić information content (AvgIpc) is 2.27. The summed E-state index contributed by atoms with van der Waals surface area (Å²) in [4.78, 5) is 0. The highest BCUT2D eigenvalue weighted by Crippen LogP contribution is 2.18. The molecule has 0 saturated carbocycles. The van der Waals surface area contributed by atoms with E-state index in [1.165, 1.54) is 12.1 Å². The molecule has 2 unspecified atom stereocenters. The van der Waals surface area contributed by atoms with Crippen LogP contribution in [-0.2, 0) is 0 Å². The van der Waals surface area contributed by atoms with E-state index < -0.39 is 6.10 Å². The van der Waals surface area contributed by atoms with Crippen LogP contribution in [0.1, 0.15) is 38.9 Å². The zero-order chi connectivity index (χ0) is 12.8. The molecule has 1 rings (SSSR count). The van der Waals surface area contributed by atoms with E-state index in [0.717, 1.165) is 12.1 Å². The van der Waals surface area contributed by atoms with E-state index in [-0.39, 0.29) is 11.9 Å². The van der Waals surface area contributed by atoms with Crippen molar-refractivity contribution >= 4 is 0 Å². The number of benzene rings is 1. The van der Waals surface area contributed by atoms with Gasteiger partial charge in [0.15, 0.2) is 0 Å². The first-order chi connectivity index (χ1) is 7.99. The monoisotopic (exact) mass is 239 g/mol. The lowest BCUT2D eigenvalue weighted by atomic mass is 10.0. The summed E-state index contributed by atoms with van der Waals surface area (Å²) in [6.07, 6.45) is 0.100. The highest BCUT2D eigenvalue weighted by atomic mass is 19.1. The molecule has 2 N–H and O–H groups in total. The molecule has 1 aromatic rings. The first-order valence-electron chi connectivity index (χ1n) is 6.16. The molecule has 96 valence electrons. The van der Waals surface area contributed by atoms with Gasteiger partial charge in [0, 0.05) is 6.04 Å². The third-order valence-electron chi connectivity index (χ3n) is 2.71. The topological polar surface area (TPSA) is 32.3 Å². The van der Waals surface area contributed by atoms with Gasteiger partial charge in [0.1, 0.15) is 5.82 Å². The minimum Gasteiger partial charge on any atom is -0.388 e. The number of rotatable bonds is 6. The molecule has 3 heteroatoms. The lowest BCUT2D eigenvalue weighted by Crippen LogP contribution is -2.31. The number of aliphatic hydroxyl groups excluding tert-OH is 1. The van der Waals surface area contributed by atoms with Crippen LogP contribution in [-0.4, -0.2) is 17.7 Å². The Bertz CT molecular complexity index is 323. The van der Waals surface area contributed by atoms with Gasteiger partial charge in [0.25, 0.3) is 0 Å². The predicted molar refractivity (Wildman–Crippen MR) is 68.3 cm³/mol. The summed E-state index contributed by atoms with van der Waals surface area (Å²) in [5.74, 6) is 0.326. The molecule has 0 amide bonds. The maximum atomic E-state index is 12.7. The molecule has 0 aliphatic heterocycles. The molecule has 2 nitrogen and oxygen atoms in total. The SMILES string of the molecule is CC(C)CNC(C)CC(O)c1ccc(F)cc1. The summed E-state index contributed by atoms with van der Waals surface area (Å²) in [6.45, 7) is 7.29. The van der Waals surface area contributed by atoms with Crippen LogP contribution in [0.5, 0.6) is 0 Å². The van der Waals surface area contributed by atoms with Gasteiger partial charge in [-0.05, 0) is 43.5 Å². The lowest BCUT2D eigenvalue weighted by molar-refractivity contribution is 0.153.